The highest BCUT2D eigenvalue weighted by Gasteiger charge is 2.13. The van der Waals surface area contributed by atoms with E-state index in [1.54, 1.807) is 0 Å². The Labute approximate surface area is 121 Å². The molecular weight excluding hydrogens is 270 g/mol. The van der Waals surface area contributed by atoms with E-state index in [-0.39, 0.29) is 11.1 Å². The number of hydrogen-bond donors (Lipinski definition) is 3. The molecule has 3 rings (SSSR count). The van der Waals surface area contributed by atoms with Crippen molar-refractivity contribution in [1.29, 1.82) is 0 Å². The lowest BCUT2D eigenvalue weighted by atomic mass is 10.1. The number of carboxylic acids is 2. The van der Waals surface area contributed by atoms with Gasteiger partial charge in [0.25, 0.3) is 0 Å². The topological polar surface area (TPSA) is 86.6 Å². The van der Waals surface area contributed by atoms with Crippen molar-refractivity contribution >= 4 is 11.9 Å². The zero-order valence-corrected chi connectivity index (χ0v) is 11.2. The zero-order chi connectivity index (χ0) is 15.2. The minimum atomic E-state index is -1.23. The minimum absolute atomic E-state index is 0.190. The zero-order valence-electron chi connectivity index (χ0n) is 11.2. The summed E-state index contributed by atoms with van der Waals surface area (Å²) in [5.41, 5.74) is 2.53. The summed E-state index contributed by atoms with van der Waals surface area (Å²) in [6.07, 6.45) is 0. The molecule has 0 atom stereocenters. The van der Waals surface area contributed by atoms with E-state index in [4.69, 9.17) is 10.2 Å². The third-order valence-electron chi connectivity index (χ3n) is 3.14. The quantitative estimate of drug-likeness (QED) is 0.788. The molecule has 0 saturated carbocycles. The van der Waals surface area contributed by atoms with Crippen LogP contribution in [0, 0.1) is 0 Å². The number of hydrogen-bond acceptors (Lipinski definition) is 3. The predicted molar refractivity (Wildman–Crippen MR) is 77.3 cm³/mol. The Hall–Kier alpha value is -2.66. The van der Waals surface area contributed by atoms with Crippen molar-refractivity contribution < 1.29 is 19.8 Å². The average molecular weight is 285 g/mol. The van der Waals surface area contributed by atoms with Crippen molar-refractivity contribution in [3.05, 3.63) is 70.8 Å². The normalized spacial score (nSPS) is 12.0. The predicted octanol–water partition coefficient (Wildman–Crippen LogP) is 2.37. The Kier molecular flexibility index (Phi) is 4.68. The summed E-state index contributed by atoms with van der Waals surface area (Å²) >= 11 is 0. The number of fused-ring (bicyclic) bond motifs is 1. The third-order valence-corrected chi connectivity index (χ3v) is 3.14. The summed E-state index contributed by atoms with van der Waals surface area (Å²) < 4.78 is 0. The number of nitrogens with one attached hydrogen (secondary N) is 1. The summed E-state index contributed by atoms with van der Waals surface area (Å²) in [4.78, 5) is 20.9. The number of carbonyl (C=O) groups is 2. The fraction of sp³-hybridized carbons (Fsp3) is 0.125. The molecule has 2 aromatic rings. The first kappa shape index (κ1) is 14.7. The largest absolute Gasteiger partial charge is 0.478 e. The van der Waals surface area contributed by atoms with Gasteiger partial charge in [-0.15, -0.1) is 0 Å². The summed E-state index contributed by atoms with van der Waals surface area (Å²) in [6, 6.07) is 14.0. The Bertz CT molecular complexity index is 611. The van der Waals surface area contributed by atoms with Gasteiger partial charge in [-0.2, -0.15) is 0 Å². The van der Waals surface area contributed by atoms with Gasteiger partial charge in [-0.05, 0) is 23.3 Å². The van der Waals surface area contributed by atoms with Gasteiger partial charge in [-0.25, -0.2) is 9.59 Å². The molecule has 0 spiro atoms. The van der Waals surface area contributed by atoms with Crippen molar-refractivity contribution in [2.45, 2.75) is 13.1 Å². The van der Waals surface area contributed by atoms with Crippen molar-refractivity contribution in [2.24, 2.45) is 0 Å². The lowest BCUT2D eigenvalue weighted by Gasteiger charge is -1.98. The molecule has 1 heterocycles. The summed E-state index contributed by atoms with van der Waals surface area (Å²) in [6.45, 7) is 2.10. The first-order chi connectivity index (χ1) is 10.1. The van der Waals surface area contributed by atoms with Crippen LogP contribution in [0.25, 0.3) is 0 Å². The van der Waals surface area contributed by atoms with E-state index in [9.17, 15) is 9.59 Å². The molecular formula is C16H15NO4. The Morgan fingerprint density at radius 1 is 0.762 bits per heavy atom. The van der Waals surface area contributed by atoms with Gasteiger partial charge in [0.2, 0.25) is 0 Å². The Balaban J connectivity index is 0.000000159. The lowest BCUT2D eigenvalue weighted by Crippen LogP contribution is -2.06. The molecule has 0 aliphatic carbocycles. The van der Waals surface area contributed by atoms with Gasteiger partial charge in [-0.3, -0.25) is 0 Å². The fourth-order valence-corrected chi connectivity index (χ4v) is 2.09. The van der Waals surface area contributed by atoms with Gasteiger partial charge in [0, 0.05) is 13.1 Å². The Morgan fingerprint density at radius 2 is 1.14 bits per heavy atom. The molecule has 0 saturated heterocycles. The van der Waals surface area contributed by atoms with Gasteiger partial charge >= 0.3 is 11.9 Å². The summed E-state index contributed by atoms with van der Waals surface area (Å²) in [7, 11) is 0. The molecule has 0 bridgehead atoms. The summed E-state index contributed by atoms with van der Waals surface area (Å²) in [5.74, 6) is -2.46. The highest BCUT2D eigenvalue weighted by atomic mass is 16.4. The minimum Gasteiger partial charge on any atom is -0.478 e. The monoisotopic (exact) mass is 285 g/mol. The summed E-state index contributed by atoms with van der Waals surface area (Å²) in [5, 5.41) is 20.4. The molecule has 0 amide bonds. The average Bonchev–Trinajstić information content (AvgIpc) is 2.96. The molecule has 108 valence electrons. The highest BCUT2D eigenvalue weighted by Crippen LogP contribution is 2.13. The second-order valence-electron chi connectivity index (χ2n) is 4.53. The highest BCUT2D eigenvalue weighted by molar-refractivity contribution is 6.01. The van der Waals surface area contributed by atoms with Crippen LogP contribution in [0.1, 0.15) is 31.8 Å². The van der Waals surface area contributed by atoms with Crippen molar-refractivity contribution in [3.8, 4) is 0 Å². The van der Waals surface area contributed by atoms with E-state index in [2.05, 4.69) is 29.6 Å². The van der Waals surface area contributed by atoms with Crippen molar-refractivity contribution in [2.75, 3.05) is 0 Å². The van der Waals surface area contributed by atoms with Crippen LogP contribution >= 0.6 is 0 Å². The molecule has 1 aliphatic rings. The van der Waals surface area contributed by atoms with Gasteiger partial charge < -0.3 is 15.5 Å². The maximum atomic E-state index is 10.5. The second kappa shape index (κ2) is 6.67. The lowest BCUT2D eigenvalue weighted by molar-refractivity contribution is 0.0651. The van der Waals surface area contributed by atoms with Gasteiger partial charge in [0.05, 0.1) is 11.1 Å². The molecule has 5 heteroatoms. The van der Waals surface area contributed by atoms with E-state index in [1.807, 2.05) is 0 Å². The van der Waals surface area contributed by atoms with E-state index in [1.165, 1.54) is 35.4 Å². The number of carboxylic acid groups (broad SMARTS) is 2. The van der Waals surface area contributed by atoms with Gasteiger partial charge in [0.1, 0.15) is 0 Å². The number of rotatable bonds is 2. The molecule has 0 fully saturated rings. The first-order valence-electron chi connectivity index (χ1n) is 6.42. The van der Waals surface area contributed by atoms with E-state index < -0.39 is 11.9 Å². The van der Waals surface area contributed by atoms with Crippen molar-refractivity contribution in [1.82, 2.24) is 5.32 Å². The SMILES string of the molecule is O=C(O)c1ccccc1C(=O)O.c1ccc2c(c1)CNC2. The molecule has 0 aromatic heterocycles. The number of aromatic carboxylic acids is 2. The van der Waals surface area contributed by atoms with Crippen LogP contribution < -0.4 is 5.32 Å². The molecule has 5 nitrogen and oxygen atoms in total. The van der Waals surface area contributed by atoms with Crippen LogP contribution in [0.5, 0.6) is 0 Å². The molecule has 1 aliphatic heterocycles. The van der Waals surface area contributed by atoms with Crippen LogP contribution in [0.3, 0.4) is 0 Å². The van der Waals surface area contributed by atoms with E-state index in [0.717, 1.165) is 13.1 Å². The van der Waals surface area contributed by atoms with E-state index in [0.29, 0.717) is 0 Å². The van der Waals surface area contributed by atoms with Crippen LogP contribution in [-0.2, 0) is 13.1 Å². The third kappa shape index (κ3) is 3.67. The first-order valence-corrected chi connectivity index (χ1v) is 6.42. The van der Waals surface area contributed by atoms with Crippen LogP contribution in [0.2, 0.25) is 0 Å². The van der Waals surface area contributed by atoms with Gasteiger partial charge in [0.15, 0.2) is 0 Å². The van der Waals surface area contributed by atoms with E-state index >= 15 is 0 Å². The standard InChI is InChI=1S/C8H9N.C8H6O4/c1-2-4-8-6-9-5-7(8)3-1;9-7(10)5-3-1-2-4-6(5)8(11)12/h1-4,9H,5-6H2;1-4H,(H,9,10)(H,11,12). The van der Waals surface area contributed by atoms with Crippen molar-refractivity contribution in [3.63, 3.8) is 0 Å². The van der Waals surface area contributed by atoms with Crippen LogP contribution in [0.15, 0.2) is 48.5 Å². The maximum Gasteiger partial charge on any atom is 0.336 e. The molecule has 0 unspecified atom stereocenters. The van der Waals surface area contributed by atoms with Crippen LogP contribution in [-0.4, -0.2) is 22.2 Å². The fourth-order valence-electron chi connectivity index (χ4n) is 2.09. The van der Waals surface area contributed by atoms with Gasteiger partial charge in [-0.1, -0.05) is 36.4 Å². The molecule has 0 radical (unpaired) electrons. The van der Waals surface area contributed by atoms with Crippen LogP contribution in [0.4, 0.5) is 0 Å². The number of benzene rings is 2. The molecule has 21 heavy (non-hydrogen) atoms. The molecule has 3 N–H and O–H groups in total. The Morgan fingerprint density at radius 3 is 1.52 bits per heavy atom. The smallest absolute Gasteiger partial charge is 0.336 e. The molecule has 2 aromatic carbocycles. The second-order valence-corrected chi connectivity index (χ2v) is 4.53. The maximum absolute atomic E-state index is 10.5.